The molecule has 1 aliphatic rings. The van der Waals surface area contributed by atoms with Crippen LogP contribution in [0.4, 0.5) is 11.8 Å². The van der Waals surface area contributed by atoms with Crippen LogP contribution in [0.3, 0.4) is 0 Å². The van der Waals surface area contributed by atoms with Crippen LogP contribution in [-0.4, -0.2) is 48.5 Å². The van der Waals surface area contributed by atoms with Gasteiger partial charge in [-0.3, -0.25) is 0 Å². The van der Waals surface area contributed by atoms with Gasteiger partial charge in [0.05, 0.1) is 11.5 Å². The van der Waals surface area contributed by atoms with E-state index in [0.717, 1.165) is 18.9 Å². The van der Waals surface area contributed by atoms with Crippen molar-refractivity contribution in [3.05, 3.63) is 48.2 Å². The summed E-state index contributed by atoms with van der Waals surface area (Å²) in [6, 6.07) is 12.4. The minimum absolute atomic E-state index is 0.00984. The highest BCUT2D eigenvalue weighted by atomic mass is 32.2. The topological polar surface area (TPSA) is 66.4 Å². The van der Waals surface area contributed by atoms with E-state index in [9.17, 15) is 8.42 Å². The molecule has 7 heteroatoms. The summed E-state index contributed by atoms with van der Waals surface area (Å²) in [6.45, 7) is 7.74. The summed E-state index contributed by atoms with van der Waals surface area (Å²) in [4.78, 5) is 13.6. The molecule has 1 aliphatic heterocycles. The van der Waals surface area contributed by atoms with E-state index in [-0.39, 0.29) is 23.6 Å². The lowest BCUT2D eigenvalue weighted by Crippen LogP contribution is -2.37. The van der Waals surface area contributed by atoms with Crippen molar-refractivity contribution in [3.8, 4) is 0 Å². The molecule has 6 nitrogen and oxygen atoms in total. The Hall–Kier alpha value is -2.15. The molecule has 1 saturated heterocycles. The standard InChI is InChI=1S/C20H28N4O2S/c1-4-23(18-11-13-27(25,26)15-18)19-10-12-21-20(22-19)24(16(2)3)14-17-8-6-5-7-9-17/h5-10,12,16,18H,4,11,13-15H2,1-3H3. The second kappa shape index (κ2) is 8.25. The first-order valence-corrected chi connectivity index (χ1v) is 11.3. The zero-order valence-electron chi connectivity index (χ0n) is 16.2. The summed E-state index contributed by atoms with van der Waals surface area (Å²) in [6.07, 6.45) is 2.43. The van der Waals surface area contributed by atoms with Gasteiger partial charge in [0.25, 0.3) is 0 Å². The Kier molecular flexibility index (Phi) is 5.99. The summed E-state index contributed by atoms with van der Waals surface area (Å²) in [5.41, 5.74) is 1.20. The third-order valence-electron chi connectivity index (χ3n) is 4.99. The van der Waals surface area contributed by atoms with Gasteiger partial charge in [0, 0.05) is 31.4 Å². The van der Waals surface area contributed by atoms with Crippen LogP contribution in [0.1, 0.15) is 32.8 Å². The minimum atomic E-state index is -2.93. The summed E-state index contributed by atoms with van der Waals surface area (Å²) in [7, 11) is -2.93. The fourth-order valence-corrected chi connectivity index (χ4v) is 5.26. The molecule has 27 heavy (non-hydrogen) atoms. The third-order valence-corrected chi connectivity index (χ3v) is 6.74. The number of hydrogen-bond donors (Lipinski definition) is 0. The number of aromatic nitrogens is 2. The molecule has 1 fully saturated rings. The van der Waals surface area contributed by atoms with E-state index < -0.39 is 9.84 Å². The maximum absolute atomic E-state index is 11.9. The molecule has 1 atom stereocenters. The number of anilines is 2. The Labute approximate surface area is 162 Å². The Morgan fingerprint density at radius 2 is 1.93 bits per heavy atom. The summed E-state index contributed by atoms with van der Waals surface area (Å²) in [5, 5.41) is 0. The molecule has 0 spiro atoms. The Morgan fingerprint density at radius 3 is 2.52 bits per heavy atom. The van der Waals surface area contributed by atoms with Gasteiger partial charge in [-0.1, -0.05) is 30.3 Å². The Balaban J connectivity index is 1.86. The zero-order chi connectivity index (χ0) is 19.4. The molecule has 2 aromatic rings. The second-order valence-electron chi connectivity index (χ2n) is 7.26. The molecular weight excluding hydrogens is 360 g/mol. The molecule has 0 bridgehead atoms. The number of nitrogens with zero attached hydrogens (tertiary/aromatic N) is 4. The van der Waals surface area contributed by atoms with Gasteiger partial charge in [0.2, 0.25) is 5.95 Å². The number of sulfone groups is 1. The third kappa shape index (κ3) is 4.77. The lowest BCUT2D eigenvalue weighted by molar-refractivity contribution is 0.599. The van der Waals surface area contributed by atoms with Gasteiger partial charge in [-0.2, -0.15) is 4.98 Å². The summed E-state index contributed by atoms with van der Waals surface area (Å²) in [5.74, 6) is 1.94. The van der Waals surface area contributed by atoms with Crippen molar-refractivity contribution in [1.29, 1.82) is 0 Å². The molecule has 0 amide bonds. The predicted molar refractivity (Wildman–Crippen MR) is 110 cm³/mol. The Bertz CT molecular complexity index is 855. The van der Waals surface area contributed by atoms with Gasteiger partial charge in [-0.05, 0) is 38.8 Å². The maximum atomic E-state index is 11.9. The van der Waals surface area contributed by atoms with Crippen LogP contribution in [0.2, 0.25) is 0 Å². The van der Waals surface area contributed by atoms with Gasteiger partial charge in [0.1, 0.15) is 5.82 Å². The van der Waals surface area contributed by atoms with Crippen molar-refractivity contribution in [2.24, 2.45) is 0 Å². The number of benzene rings is 1. The van der Waals surface area contributed by atoms with Crippen molar-refractivity contribution >= 4 is 21.6 Å². The van der Waals surface area contributed by atoms with Crippen LogP contribution < -0.4 is 9.80 Å². The van der Waals surface area contributed by atoms with E-state index in [1.165, 1.54) is 5.56 Å². The van der Waals surface area contributed by atoms with E-state index in [4.69, 9.17) is 4.98 Å². The van der Waals surface area contributed by atoms with Crippen LogP contribution in [0.5, 0.6) is 0 Å². The smallest absolute Gasteiger partial charge is 0.227 e. The largest absolute Gasteiger partial charge is 0.353 e. The van der Waals surface area contributed by atoms with Crippen molar-refractivity contribution in [3.63, 3.8) is 0 Å². The molecule has 0 N–H and O–H groups in total. The van der Waals surface area contributed by atoms with Crippen molar-refractivity contribution in [1.82, 2.24) is 9.97 Å². The van der Waals surface area contributed by atoms with E-state index >= 15 is 0 Å². The average Bonchev–Trinajstić information content (AvgIpc) is 3.01. The van der Waals surface area contributed by atoms with E-state index in [1.54, 1.807) is 6.20 Å². The minimum Gasteiger partial charge on any atom is -0.353 e. The predicted octanol–water partition coefficient (Wildman–Crippen LogP) is 2.91. The van der Waals surface area contributed by atoms with E-state index in [2.05, 4.69) is 40.8 Å². The van der Waals surface area contributed by atoms with Gasteiger partial charge in [-0.25, -0.2) is 13.4 Å². The molecular formula is C20H28N4O2S. The highest BCUT2D eigenvalue weighted by Crippen LogP contribution is 2.25. The number of hydrogen-bond acceptors (Lipinski definition) is 6. The van der Waals surface area contributed by atoms with Crippen LogP contribution in [0, 0.1) is 0 Å². The molecule has 0 radical (unpaired) electrons. The molecule has 146 valence electrons. The Morgan fingerprint density at radius 1 is 1.19 bits per heavy atom. The van der Waals surface area contributed by atoms with Crippen molar-refractivity contribution in [2.45, 2.75) is 45.8 Å². The second-order valence-corrected chi connectivity index (χ2v) is 9.49. The van der Waals surface area contributed by atoms with Crippen molar-refractivity contribution < 1.29 is 8.42 Å². The van der Waals surface area contributed by atoms with E-state index in [1.807, 2.05) is 31.2 Å². The van der Waals surface area contributed by atoms with Gasteiger partial charge in [-0.15, -0.1) is 0 Å². The van der Waals surface area contributed by atoms with Crippen LogP contribution in [0.15, 0.2) is 42.6 Å². The highest BCUT2D eigenvalue weighted by molar-refractivity contribution is 7.91. The van der Waals surface area contributed by atoms with Crippen LogP contribution in [-0.2, 0) is 16.4 Å². The monoisotopic (exact) mass is 388 g/mol. The van der Waals surface area contributed by atoms with E-state index in [0.29, 0.717) is 12.4 Å². The molecule has 3 rings (SSSR count). The lowest BCUT2D eigenvalue weighted by Gasteiger charge is -2.31. The summed E-state index contributed by atoms with van der Waals surface area (Å²) >= 11 is 0. The highest BCUT2D eigenvalue weighted by Gasteiger charge is 2.32. The molecule has 1 aromatic heterocycles. The summed E-state index contributed by atoms with van der Waals surface area (Å²) < 4.78 is 23.8. The molecule has 0 saturated carbocycles. The molecule has 0 aliphatic carbocycles. The molecule has 2 heterocycles. The number of rotatable bonds is 7. The van der Waals surface area contributed by atoms with Crippen LogP contribution in [0.25, 0.3) is 0 Å². The zero-order valence-corrected chi connectivity index (χ0v) is 17.1. The lowest BCUT2D eigenvalue weighted by atomic mass is 10.2. The van der Waals surface area contributed by atoms with Gasteiger partial charge >= 0.3 is 0 Å². The fraction of sp³-hybridized carbons (Fsp3) is 0.500. The fourth-order valence-electron chi connectivity index (χ4n) is 3.53. The quantitative estimate of drug-likeness (QED) is 0.727. The van der Waals surface area contributed by atoms with Crippen molar-refractivity contribution in [2.75, 3.05) is 27.9 Å². The first-order chi connectivity index (χ1) is 12.9. The van der Waals surface area contributed by atoms with Gasteiger partial charge in [0.15, 0.2) is 9.84 Å². The molecule has 1 aromatic carbocycles. The average molecular weight is 389 g/mol. The van der Waals surface area contributed by atoms with Crippen LogP contribution >= 0.6 is 0 Å². The maximum Gasteiger partial charge on any atom is 0.227 e. The SMILES string of the molecule is CCN(c1ccnc(N(Cc2ccccc2)C(C)C)n1)C1CCS(=O)(=O)C1. The first-order valence-electron chi connectivity index (χ1n) is 9.50. The molecule has 1 unspecified atom stereocenters. The van der Waals surface area contributed by atoms with Gasteiger partial charge < -0.3 is 9.80 Å². The first kappa shape index (κ1) is 19.6. The normalized spacial score (nSPS) is 18.6.